The molecule has 0 radical (unpaired) electrons. The molecular weight excluding hydrogens is 348 g/mol. The Labute approximate surface area is 150 Å². The molecule has 0 saturated heterocycles. The van der Waals surface area contributed by atoms with Gasteiger partial charge in [-0.2, -0.15) is 11.0 Å². The zero-order chi connectivity index (χ0) is 17.4. The monoisotopic (exact) mass is 368 g/mol. The summed E-state index contributed by atoms with van der Waals surface area (Å²) >= 11 is 2.30. The third kappa shape index (κ3) is 4.95. The van der Waals surface area contributed by atoms with Crippen molar-refractivity contribution in [1.82, 2.24) is 11.0 Å². The summed E-state index contributed by atoms with van der Waals surface area (Å²) < 4.78 is 10.2. The first kappa shape index (κ1) is 19.2. The molecule has 130 valence electrons. The van der Waals surface area contributed by atoms with E-state index in [-0.39, 0.29) is 0 Å². The molecule has 2 N–H and O–H groups in total. The van der Waals surface area contributed by atoms with Gasteiger partial charge in [-0.15, -0.1) is 18.6 Å². The van der Waals surface area contributed by atoms with Gasteiger partial charge in [0.2, 0.25) is 0 Å². The highest BCUT2D eigenvalue weighted by molar-refractivity contribution is 7.95. The van der Waals surface area contributed by atoms with Crippen LogP contribution >= 0.6 is 24.1 Å². The SMILES string of the molecule is CNOOSc1cccc(C)c1-c1c(C)cccc1SOONC. The van der Waals surface area contributed by atoms with E-state index in [1.54, 1.807) is 14.1 Å². The molecule has 0 spiro atoms. The first-order chi connectivity index (χ1) is 11.7. The summed E-state index contributed by atoms with van der Waals surface area (Å²) in [5.41, 5.74) is 9.34. The molecule has 0 unspecified atom stereocenters. The fourth-order valence-electron chi connectivity index (χ4n) is 2.24. The predicted molar refractivity (Wildman–Crippen MR) is 95.5 cm³/mol. The summed E-state index contributed by atoms with van der Waals surface area (Å²) in [7, 11) is 3.26. The van der Waals surface area contributed by atoms with Crippen LogP contribution < -0.4 is 11.0 Å². The van der Waals surface area contributed by atoms with Crippen molar-refractivity contribution < 1.29 is 18.6 Å². The third-order valence-corrected chi connectivity index (χ3v) is 4.51. The van der Waals surface area contributed by atoms with E-state index in [0.717, 1.165) is 56.1 Å². The maximum Gasteiger partial charge on any atom is 0.0709 e. The van der Waals surface area contributed by atoms with Crippen molar-refractivity contribution in [3.05, 3.63) is 47.5 Å². The molecule has 0 bridgehead atoms. The van der Waals surface area contributed by atoms with Crippen molar-refractivity contribution in [3.8, 4) is 11.1 Å². The second-order valence-corrected chi connectivity index (χ2v) is 6.26. The second kappa shape index (κ2) is 10.0. The molecule has 6 nitrogen and oxygen atoms in total. The van der Waals surface area contributed by atoms with E-state index in [0.29, 0.717) is 0 Å². The maximum absolute atomic E-state index is 5.10. The second-order valence-electron chi connectivity index (χ2n) is 4.77. The fraction of sp³-hybridized carbons (Fsp3) is 0.250. The van der Waals surface area contributed by atoms with E-state index in [1.807, 2.05) is 24.3 Å². The van der Waals surface area contributed by atoms with Gasteiger partial charge in [0, 0.05) is 35.0 Å². The molecule has 2 rings (SSSR count). The maximum atomic E-state index is 5.10. The Morgan fingerprint density at radius 1 is 0.708 bits per heavy atom. The van der Waals surface area contributed by atoms with Crippen LogP contribution in [0, 0.1) is 13.8 Å². The van der Waals surface area contributed by atoms with Crippen LogP contribution in [0.5, 0.6) is 0 Å². The van der Waals surface area contributed by atoms with Gasteiger partial charge in [0.05, 0.1) is 24.1 Å². The van der Waals surface area contributed by atoms with E-state index < -0.39 is 0 Å². The highest BCUT2D eigenvalue weighted by atomic mass is 32.2. The summed E-state index contributed by atoms with van der Waals surface area (Å²) in [5, 5.41) is 0. The molecule has 0 aliphatic rings. The average molecular weight is 368 g/mol. The molecule has 0 aromatic heterocycles. The lowest BCUT2D eigenvalue weighted by Crippen LogP contribution is -2.05. The molecule has 8 heteroatoms. The van der Waals surface area contributed by atoms with Gasteiger partial charge in [-0.25, -0.2) is 0 Å². The Hall–Kier alpha value is -1.10. The number of hydroxylamine groups is 2. The van der Waals surface area contributed by atoms with Crippen molar-refractivity contribution >= 4 is 24.1 Å². The zero-order valence-electron chi connectivity index (χ0n) is 13.9. The smallest absolute Gasteiger partial charge is 0.0709 e. The van der Waals surface area contributed by atoms with Gasteiger partial charge in [0.1, 0.15) is 0 Å². The first-order valence-corrected chi connectivity index (χ1v) is 8.70. The molecule has 0 aliphatic heterocycles. The van der Waals surface area contributed by atoms with Crippen LogP contribution in [0.1, 0.15) is 11.1 Å². The zero-order valence-corrected chi connectivity index (χ0v) is 15.5. The molecule has 2 aromatic carbocycles. The number of hydrogen-bond donors (Lipinski definition) is 2. The topological polar surface area (TPSA) is 61.0 Å². The highest BCUT2D eigenvalue weighted by Gasteiger charge is 2.17. The fourth-order valence-corrected chi connectivity index (χ4v) is 3.55. The first-order valence-electron chi connectivity index (χ1n) is 7.22. The molecule has 0 aliphatic carbocycles. The van der Waals surface area contributed by atoms with Gasteiger partial charge in [-0.3, -0.25) is 0 Å². The van der Waals surface area contributed by atoms with Gasteiger partial charge in [-0.1, -0.05) is 24.3 Å². The lowest BCUT2D eigenvalue weighted by Gasteiger charge is -2.17. The van der Waals surface area contributed by atoms with Gasteiger partial charge in [0.25, 0.3) is 0 Å². The highest BCUT2D eigenvalue weighted by Crippen LogP contribution is 2.41. The average Bonchev–Trinajstić information content (AvgIpc) is 2.57. The van der Waals surface area contributed by atoms with Gasteiger partial charge >= 0.3 is 0 Å². The largest absolute Gasteiger partial charge is 0.172 e. The normalized spacial score (nSPS) is 11.0. The van der Waals surface area contributed by atoms with Crippen LogP contribution in [0.15, 0.2) is 46.2 Å². The van der Waals surface area contributed by atoms with Gasteiger partial charge in [-0.05, 0) is 37.1 Å². The van der Waals surface area contributed by atoms with E-state index in [1.165, 1.54) is 0 Å². The van der Waals surface area contributed by atoms with Crippen molar-refractivity contribution in [2.45, 2.75) is 23.6 Å². The standard InChI is InChI=1S/C16H20N2O4S2/c1-11-7-5-9-13(23-21-19-17-3)15(11)16-12(2)8-6-10-14(16)24-22-20-18-4/h5-10,17-18H,1-4H3. The Bertz CT molecular complexity index is 613. The number of hydrogen-bond acceptors (Lipinski definition) is 8. The lowest BCUT2D eigenvalue weighted by molar-refractivity contribution is -0.238. The lowest BCUT2D eigenvalue weighted by atomic mass is 9.96. The Kier molecular flexibility index (Phi) is 8.03. The molecule has 24 heavy (non-hydrogen) atoms. The number of nitrogens with one attached hydrogen (secondary N) is 2. The molecule has 0 fully saturated rings. The summed E-state index contributed by atoms with van der Waals surface area (Å²) in [6.07, 6.45) is 0. The summed E-state index contributed by atoms with van der Waals surface area (Å²) in [5.74, 6) is 0. The molecular formula is C16H20N2O4S2. The van der Waals surface area contributed by atoms with Gasteiger partial charge < -0.3 is 0 Å². The molecule has 0 heterocycles. The molecule has 2 aromatic rings. The predicted octanol–water partition coefficient (Wildman–Crippen LogP) is 4.15. The third-order valence-electron chi connectivity index (χ3n) is 3.20. The van der Waals surface area contributed by atoms with Crippen LogP contribution in [-0.2, 0) is 18.6 Å². The minimum Gasteiger partial charge on any atom is -0.172 e. The Morgan fingerprint density at radius 2 is 1.12 bits per heavy atom. The minimum atomic E-state index is 0.941. The molecule has 0 saturated carbocycles. The van der Waals surface area contributed by atoms with Gasteiger partial charge in [0.15, 0.2) is 0 Å². The van der Waals surface area contributed by atoms with E-state index >= 15 is 0 Å². The van der Waals surface area contributed by atoms with Crippen LogP contribution in [0.2, 0.25) is 0 Å². The molecule has 0 amide bonds. The summed E-state index contributed by atoms with van der Waals surface area (Å²) in [6, 6.07) is 12.1. The Morgan fingerprint density at radius 3 is 1.50 bits per heavy atom. The van der Waals surface area contributed by atoms with Crippen LogP contribution in [0.3, 0.4) is 0 Å². The van der Waals surface area contributed by atoms with E-state index in [4.69, 9.17) is 18.6 Å². The van der Waals surface area contributed by atoms with Crippen molar-refractivity contribution in [3.63, 3.8) is 0 Å². The Balaban J connectivity index is 2.43. The van der Waals surface area contributed by atoms with Crippen LogP contribution in [-0.4, -0.2) is 14.1 Å². The minimum absolute atomic E-state index is 0.941. The van der Waals surface area contributed by atoms with Crippen molar-refractivity contribution in [2.24, 2.45) is 0 Å². The summed E-state index contributed by atoms with van der Waals surface area (Å²) in [4.78, 5) is 11.4. The summed E-state index contributed by atoms with van der Waals surface area (Å²) in [6.45, 7) is 4.12. The van der Waals surface area contributed by atoms with Crippen molar-refractivity contribution in [1.29, 1.82) is 0 Å². The number of rotatable bonds is 9. The van der Waals surface area contributed by atoms with E-state index in [9.17, 15) is 0 Å². The number of benzene rings is 2. The quantitative estimate of drug-likeness (QED) is 0.296. The van der Waals surface area contributed by atoms with Crippen LogP contribution in [0.4, 0.5) is 0 Å². The van der Waals surface area contributed by atoms with Crippen molar-refractivity contribution in [2.75, 3.05) is 14.1 Å². The number of aryl methyl sites for hydroxylation is 2. The van der Waals surface area contributed by atoms with E-state index in [2.05, 4.69) is 36.9 Å². The van der Waals surface area contributed by atoms with Crippen LogP contribution in [0.25, 0.3) is 11.1 Å². The molecule has 0 atom stereocenters.